The minimum Gasteiger partial charge on any atom is -0.326 e. The van der Waals surface area contributed by atoms with E-state index in [4.69, 9.17) is 5.73 Å². The predicted octanol–water partition coefficient (Wildman–Crippen LogP) is -1.01. The molecule has 0 aliphatic carbocycles. The molecule has 0 aromatic rings. The van der Waals surface area contributed by atoms with Crippen LogP contribution in [0.2, 0.25) is 0 Å². The Balaban J connectivity index is 0.00000169. The molecule has 5 nitrogen and oxygen atoms in total. The SMILES string of the molecule is CS(=O)(=O)NCCN1CC[C@@H](N)C1.Cl. The quantitative estimate of drug-likeness (QED) is 0.664. The van der Waals surface area contributed by atoms with Gasteiger partial charge in [-0.1, -0.05) is 0 Å². The van der Waals surface area contributed by atoms with E-state index in [1.165, 1.54) is 6.26 Å². The molecule has 0 aromatic carbocycles. The minimum absolute atomic E-state index is 0. The molecule has 14 heavy (non-hydrogen) atoms. The van der Waals surface area contributed by atoms with Crippen molar-refractivity contribution >= 4 is 22.4 Å². The third-order valence-corrected chi connectivity index (χ3v) is 2.83. The van der Waals surface area contributed by atoms with Crippen LogP contribution in [0.5, 0.6) is 0 Å². The van der Waals surface area contributed by atoms with Gasteiger partial charge in [0.05, 0.1) is 6.26 Å². The maximum absolute atomic E-state index is 10.7. The molecular weight excluding hydrogens is 226 g/mol. The average molecular weight is 244 g/mol. The van der Waals surface area contributed by atoms with E-state index < -0.39 is 10.0 Å². The van der Waals surface area contributed by atoms with Crippen molar-refractivity contribution < 1.29 is 8.42 Å². The van der Waals surface area contributed by atoms with Gasteiger partial charge >= 0.3 is 0 Å². The van der Waals surface area contributed by atoms with Crippen molar-refractivity contribution in [1.29, 1.82) is 0 Å². The zero-order valence-electron chi connectivity index (χ0n) is 8.27. The second-order valence-corrected chi connectivity index (χ2v) is 5.35. The summed E-state index contributed by atoms with van der Waals surface area (Å²) in [7, 11) is -3.04. The van der Waals surface area contributed by atoms with Gasteiger partial charge in [0.2, 0.25) is 10.0 Å². The van der Waals surface area contributed by atoms with Crippen LogP contribution in [-0.4, -0.2) is 51.8 Å². The van der Waals surface area contributed by atoms with Gasteiger partial charge in [-0.25, -0.2) is 13.1 Å². The molecule has 0 bridgehead atoms. The van der Waals surface area contributed by atoms with E-state index in [1.807, 2.05) is 0 Å². The van der Waals surface area contributed by atoms with Gasteiger partial charge < -0.3 is 10.6 Å². The van der Waals surface area contributed by atoms with Crippen LogP contribution in [0.4, 0.5) is 0 Å². The molecule has 1 saturated heterocycles. The number of nitrogens with zero attached hydrogens (tertiary/aromatic N) is 1. The molecule has 7 heteroatoms. The standard InChI is InChI=1S/C7H17N3O2S.ClH/c1-13(11,12)9-3-5-10-4-2-7(8)6-10;/h7,9H,2-6,8H2,1H3;1H/t7-;/m1./s1. The molecule has 86 valence electrons. The summed E-state index contributed by atoms with van der Waals surface area (Å²) in [6, 6.07) is 0.262. The van der Waals surface area contributed by atoms with E-state index >= 15 is 0 Å². The van der Waals surface area contributed by atoms with Gasteiger partial charge in [0, 0.05) is 25.7 Å². The normalized spacial score (nSPS) is 23.4. The van der Waals surface area contributed by atoms with Gasteiger partial charge in [-0.05, 0) is 13.0 Å². The summed E-state index contributed by atoms with van der Waals surface area (Å²) >= 11 is 0. The van der Waals surface area contributed by atoms with E-state index in [2.05, 4.69) is 9.62 Å². The first kappa shape index (κ1) is 14.1. The first-order chi connectivity index (χ1) is 5.97. The number of halogens is 1. The molecule has 1 rings (SSSR count). The Morgan fingerprint density at radius 3 is 2.64 bits per heavy atom. The Morgan fingerprint density at radius 1 is 1.57 bits per heavy atom. The summed E-state index contributed by atoms with van der Waals surface area (Å²) in [5.74, 6) is 0. The van der Waals surface area contributed by atoms with E-state index in [-0.39, 0.29) is 18.4 Å². The highest BCUT2D eigenvalue weighted by atomic mass is 35.5. The molecule has 3 N–H and O–H groups in total. The lowest BCUT2D eigenvalue weighted by molar-refractivity contribution is 0.339. The van der Waals surface area contributed by atoms with E-state index in [1.54, 1.807) is 0 Å². The number of hydrogen-bond donors (Lipinski definition) is 2. The molecule has 1 atom stereocenters. The second kappa shape index (κ2) is 5.87. The fraction of sp³-hybridized carbons (Fsp3) is 1.00. The Bertz CT molecular complexity index is 258. The third kappa shape index (κ3) is 5.77. The number of nitrogens with two attached hydrogens (primary N) is 1. The molecule has 0 amide bonds. The first-order valence-electron chi connectivity index (χ1n) is 4.40. The van der Waals surface area contributed by atoms with Crippen LogP contribution in [0, 0.1) is 0 Å². The van der Waals surface area contributed by atoms with Crippen LogP contribution < -0.4 is 10.5 Å². The van der Waals surface area contributed by atoms with Crippen molar-refractivity contribution in [2.24, 2.45) is 5.73 Å². The fourth-order valence-electron chi connectivity index (χ4n) is 1.45. The molecule has 1 aliphatic rings. The van der Waals surface area contributed by atoms with Gasteiger partial charge in [-0.2, -0.15) is 0 Å². The average Bonchev–Trinajstić information content (AvgIpc) is 2.33. The number of sulfonamides is 1. The fourth-order valence-corrected chi connectivity index (χ4v) is 1.92. The lowest BCUT2D eigenvalue weighted by Gasteiger charge is -2.14. The number of hydrogen-bond acceptors (Lipinski definition) is 4. The summed E-state index contributed by atoms with van der Waals surface area (Å²) in [5, 5.41) is 0. The van der Waals surface area contributed by atoms with Crippen molar-refractivity contribution in [2.45, 2.75) is 12.5 Å². The maximum atomic E-state index is 10.7. The van der Waals surface area contributed by atoms with E-state index in [0.717, 1.165) is 26.1 Å². The van der Waals surface area contributed by atoms with Crippen molar-refractivity contribution in [2.75, 3.05) is 32.4 Å². The minimum atomic E-state index is -3.04. The number of nitrogens with one attached hydrogen (secondary N) is 1. The topological polar surface area (TPSA) is 75.4 Å². The highest BCUT2D eigenvalue weighted by molar-refractivity contribution is 7.88. The molecule has 1 aliphatic heterocycles. The van der Waals surface area contributed by atoms with Crippen molar-refractivity contribution in [3.8, 4) is 0 Å². The summed E-state index contributed by atoms with van der Waals surface area (Å²) in [5.41, 5.74) is 5.70. The molecule has 0 saturated carbocycles. The monoisotopic (exact) mass is 243 g/mol. The van der Waals surface area contributed by atoms with Gasteiger partial charge in [-0.15, -0.1) is 12.4 Å². The van der Waals surface area contributed by atoms with E-state index in [0.29, 0.717) is 6.54 Å². The van der Waals surface area contributed by atoms with Gasteiger partial charge in [0.15, 0.2) is 0 Å². The molecule has 1 heterocycles. The second-order valence-electron chi connectivity index (χ2n) is 3.52. The molecule has 0 radical (unpaired) electrons. The summed E-state index contributed by atoms with van der Waals surface area (Å²) in [4.78, 5) is 2.17. The summed E-state index contributed by atoms with van der Waals surface area (Å²) < 4.78 is 23.9. The van der Waals surface area contributed by atoms with Gasteiger partial charge in [0.25, 0.3) is 0 Å². The zero-order valence-corrected chi connectivity index (χ0v) is 9.90. The highest BCUT2D eigenvalue weighted by Gasteiger charge is 2.18. The summed E-state index contributed by atoms with van der Waals surface area (Å²) in [6.07, 6.45) is 2.18. The third-order valence-electron chi connectivity index (χ3n) is 2.10. The van der Waals surface area contributed by atoms with Crippen molar-refractivity contribution in [3.05, 3.63) is 0 Å². The molecule has 0 unspecified atom stereocenters. The first-order valence-corrected chi connectivity index (χ1v) is 6.29. The largest absolute Gasteiger partial charge is 0.326 e. The molecule has 0 spiro atoms. The molecular formula is C7H18ClN3O2S. The lowest BCUT2D eigenvalue weighted by Crippen LogP contribution is -2.34. The maximum Gasteiger partial charge on any atom is 0.208 e. The summed E-state index contributed by atoms with van der Waals surface area (Å²) in [6.45, 7) is 3.09. The van der Waals surface area contributed by atoms with E-state index in [9.17, 15) is 8.42 Å². The zero-order chi connectivity index (χ0) is 9.90. The molecule has 1 fully saturated rings. The smallest absolute Gasteiger partial charge is 0.208 e. The van der Waals surface area contributed by atoms with Crippen LogP contribution in [0.3, 0.4) is 0 Å². The Hall–Kier alpha value is 0.120. The van der Waals surface area contributed by atoms with Crippen molar-refractivity contribution in [3.63, 3.8) is 0 Å². The van der Waals surface area contributed by atoms with Crippen molar-refractivity contribution in [1.82, 2.24) is 9.62 Å². The lowest BCUT2D eigenvalue weighted by atomic mass is 10.3. The predicted molar refractivity (Wildman–Crippen MR) is 59.1 cm³/mol. The van der Waals surface area contributed by atoms with Crippen LogP contribution >= 0.6 is 12.4 Å². The van der Waals surface area contributed by atoms with Crippen LogP contribution in [0.15, 0.2) is 0 Å². The van der Waals surface area contributed by atoms with Crippen LogP contribution in [0.1, 0.15) is 6.42 Å². The Labute approximate surface area is 91.5 Å². The Morgan fingerprint density at radius 2 is 2.21 bits per heavy atom. The van der Waals surface area contributed by atoms with Crippen LogP contribution in [-0.2, 0) is 10.0 Å². The molecule has 0 aromatic heterocycles. The number of rotatable bonds is 4. The number of likely N-dealkylation sites (tertiary alicyclic amines) is 1. The van der Waals surface area contributed by atoms with Crippen LogP contribution in [0.25, 0.3) is 0 Å². The Kier molecular flexibility index (Phi) is 5.92. The van der Waals surface area contributed by atoms with Gasteiger partial charge in [-0.3, -0.25) is 0 Å². The van der Waals surface area contributed by atoms with Gasteiger partial charge in [0.1, 0.15) is 0 Å². The highest BCUT2D eigenvalue weighted by Crippen LogP contribution is 2.04.